The molecule has 3 rings (SSSR count). The van der Waals surface area contributed by atoms with Crippen LogP contribution in [0.5, 0.6) is 0 Å². The Morgan fingerprint density at radius 1 is 1.11 bits per heavy atom. The van der Waals surface area contributed by atoms with Gasteiger partial charge in [0.1, 0.15) is 0 Å². The van der Waals surface area contributed by atoms with E-state index in [0.717, 1.165) is 41.3 Å². The van der Waals surface area contributed by atoms with Crippen molar-refractivity contribution in [1.82, 2.24) is 10.2 Å². The second-order valence-corrected chi connectivity index (χ2v) is 12.3. The Balaban J connectivity index is 0.00000507. The van der Waals surface area contributed by atoms with Crippen molar-refractivity contribution in [3.63, 3.8) is 0 Å². The summed E-state index contributed by atoms with van der Waals surface area (Å²) in [6.45, 7) is 8.63. The Hall–Kier alpha value is -1.71. The van der Waals surface area contributed by atoms with Crippen molar-refractivity contribution in [2.45, 2.75) is 71.9 Å². The fourth-order valence-electron chi connectivity index (χ4n) is 5.78. The summed E-state index contributed by atoms with van der Waals surface area (Å²) in [7, 11) is 2.18. The molecule has 1 aliphatic carbocycles. The molecule has 0 aliphatic heterocycles. The van der Waals surface area contributed by atoms with E-state index in [1.165, 1.54) is 32.1 Å². The number of nitrogens with one attached hydrogen (secondary N) is 1. The molecule has 0 saturated heterocycles. The number of carbonyl (C=O) groups is 2. The van der Waals surface area contributed by atoms with Crippen molar-refractivity contribution in [1.29, 1.82) is 0 Å². The molecule has 1 amide bonds. The minimum absolute atomic E-state index is 0. The van der Waals surface area contributed by atoms with Crippen LogP contribution in [0.4, 0.5) is 0 Å². The minimum atomic E-state index is -1.25. The van der Waals surface area contributed by atoms with Gasteiger partial charge in [0.25, 0.3) is 5.91 Å². The predicted molar refractivity (Wildman–Crippen MR) is 153 cm³/mol. The molecule has 2 aromatic rings. The number of nitrogens with zero attached hydrogens (tertiary/aromatic N) is 1. The van der Waals surface area contributed by atoms with Gasteiger partial charge >= 0.3 is 18.9 Å². The molecular formula is C31H43LiN2O3S. The van der Waals surface area contributed by atoms with E-state index >= 15 is 0 Å². The van der Waals surface area contributed by atoms with Crippen LogP contribution in [0.15, 0.2) is 42.5 Å². The quantitative estimate of drug-likeness (QED) is 0.427. The summed E-state index contributed by atoms with van der Waals surface area (Å²) < 4.78 is 0. The van der Waals surface area contributed by atoms with Crippen LogP contribution < -0.4 is 29.3 Å². The molecule has 2 aromatic carbocycles. The third-order valence-electron chi connectivity index (χ3n) is 7.80. The molecule has 7 heteroatoms. The summed E-state index contributed by atoms with van der Waals surface area (Å²) in [6, 6.07) is 12.9. The van der Waals surface area contributed by atoms with Gasteiger partial charge in [-0.15, -0.1) is 0 Å². The third kappa shape index (κ3) is 8.91. The first-order valence-electron chi connectivity index (χ1n) is 13.5. The van der Waals surface area contributed by atoms with E-state index in [9.17, 15) is 14.7 Å². The van der Waals surface area contributed by atoms with Crippen molar-refractivity contribution in [2.24, 2.45) is 11.3 Å². The number of carbonyl (C=O) groups excluding carboxylic acids is 2. The standard InChI is InChI=1S/C31H44N2O3S.Li/c1-22-11-9-10-14-25(22)27-19-23(20-33(4)21-31(2,3)24-12-7-6-8-13-24)15-16-26(27)29(34)32-28(30(35)36)17-18-37-5;/h9-11,14-16,19,24,28H,6-8,12-13,17-18,20-21H2,1-5H3,(H,32,34)(H,35,36);/q;+1/p-1/t28-;/m0./s1. The van der Waals surface area contributed by atoms with Gasteiger partial charge in [-0.05, 0) is 91.0 Å². The van der Waals surface area contributed by atoms with Gasteiger partial charge in [-0.1, -0.05) is 63.4 Å². The minimum Gasteiger partial charge on any atom is -0.548 e. The maximum Gasteiger partial charge on any atom is 1.00 e. The van der Waals surface area contributed by atoms with Crippen molar-refractivity contribution < 1.29 is 33.6 Å². The van der Waals surface area contributed by atoms with Gasteiger partial charge in [-0.25, -0.2) is 0 Å². The van der Waals surface area contributed by atoms with E-state index in [4.69, 9.17) is 0 Å². The average Bonchev–Trinajstić information content (AvgIpc) is 2.86. The first-order chi connectivity index (χ1) is 17.6. The Morgan fingerprint density at radius 3 is 2.42 bits per heavy atom. The van der Waals surface area contributed by atoms with Crippen molar-refractivity contribution in [3.8, 4) is 11.1 Å². The van der Waals surface area contributed by atoms with Crippen LogP contribution in [-0.2, 0) is 11.3 Å². The van der Waals surface area contributed by atoms with E-state index in [1.807, 2.05) is 49.6 Å². The summed E-state index contributed by atoms with van der Waals surface area (Å²) in [5, 5.41) is 14.3. The van der Waals surface area contributed by atoms with Crippen LogP contribution in [0, 0.1) is 18.3 Å². The Kier molecular flexibility index (Phi) is 13.0. The summed E-state index contributed by atoms with van der Waals surface area (Å²) in [6.07, 6.45) is 8.95. The van der Waals surface area contributed by atoms with Crippen LogP contribution in [0.2, 0.25) is 0 Å². The zero-order valence-electron chi connectivity index (χ0n) is 24.1. The van der Waals surface area contributed by atoms with Gasteiger partial charge in [0, 0.05) is 18.7 Å². The van der Waals surface area contributed by atoms with Crippen LogP contribution >= 0.6 is 11.8 Å². The molecule has 1 fully saturated rings. The monoisotopic (exact) mass is 530 g/mol. The maximum absolute atomic E-state index is 13.3. The smallest absolute Gasteiger partial charge is 0.548 e. The maximum atomic E-state index is 13.3. The Labute approximate surface area is 245 Å². The number of carboxylic acids is 1. The number of hydrogen-bond donors (Lipinski definition) is 1. The van der Waals surface area contributed by atoms with Gasteiger partial charge in [0.15, 0.2) is 0 Å². The molecule has 1 aliphatic rings. The predicted octanol–water partition coefficient (Wildman–Crippen LogP) is 2.31. The Morgan fingerprint density at radius 2 is 1.79 bits per heavy atom. The number of carboxylic acid groups (broad SMARTS) is 1. The van der Waals surface area contributed by atoms with Gasteiger partial charge in [0.2, 0.25) is 0 Å². The average molecular weight is 531 g/mol. The number of thioether (sulfide) groups is 1. The van der Waals surface area contributed by atoms with E-state index in [-0.39, 0.29) is 30.2 Å². The van der Waals surface area contributed by atoms with Gasteiger partial charge in [0.05, 0.1) is 12.0 Å². The second kappa shape index (κ2) is 15.2. The topological polar surface area (TPSA) is 72.5 Å². The molecule has 0 radical (unpaired) electrons. The molecule has 1 saturated carbocycles. The molecule has 0 unspecified atom stereocenters. The van der Waals surface area contributed by atoms with Crippen LogP contribution in [-0.4, -0.2) is 48.4 Å². The fourth-order valence-corrected chi connectivity index (χ4v) is 6.25. The van der Waals surface area contributed by atoms with Crippen molar-refractivity contribution >= 4 is 23.6 Å². The number of aryl methyl sites for hydroxylation is 1. The summed E-state index contributed by atoms with van der Waals surface area (Å²) in [4.78, 5) is 27.3. The number of amides is 1. The van der Waals surface area contributed by atoms with Crippen molar-refractivity contribution in [2.75, 3.05) is 25.6 Å². The van der Waals surface area contributed by atoms with E-state index in [2.05, 4.69) is 37.2 Å². The zero-order valence-corrected chi connectivity index (χ0v) is 25.0. The molecule has 202 valence electrons. The first kappa shape index (κ1) is 32.5. The second-order valence-electron chi connectivity index (χ2n) is 11.3. The molecule has 0 bridgehead atoms. The number of benzene rings is 2. The summed E-state index contributed by atoms with van der Waals surface area (Å²) in [5.41, 5.74) is 4.75. The van der Waals surface area contributed by atoms with Gasteiger partial charge in [-0.2, -0.15) is 11.8 Å². The SMILES string of the molecule is CSCC[C@H](NC(=O)c1ccc(CN(C)CC(C)(C)C2CCCCC2)cc1-c1ccccc1C)C(=O)[O-].[Li+]. The number of aliphatic carboxylic acids is 1. The van der Waals surface area contributed by atoms with Crippen LogP contribution in [0.25, 0.3) is 11.1 Å². The molecule has 1 N–H and O–H groups in total. The van der Waals surface area contributed by atoms with Crippen LogP contribution in [0.1, 0.15) is 73.9 Å². The van der Waals surface area contributed by atoms with Gasteiger partial charge in [-0.3, -0.25) is 4.79 Å². The molecule has 1 atom stereocenters. The summed E-state index contributed by atoms with van der Waals surface area (Å²) >= 11 is 1.55. The molecule has 5 nitrogen and oxygen atoms in total. The molecule has 38 heavy (non-hydrogen) atoms. The fraction of sp³-hybridized carbons (Fsp3) is 0.548. The number of hydrogen-bond acceptors (Lipinski definition) is 5. The normalized spacial score (nSPS) is 15.1. The zero-order chi connectivity index (χ0) is 27.0. The number of rotatable bonds is 12. The Bertz CT molecular complexity index is 1070. The molecule has 0 aromatic heterocycles. The van der Waals surface area contributed by atoms with Crippen LogP contribution in [0.3, 0.4) is 0 Å². The van der Waals surface area contributed by atoms with E-state index in [1.54, 1.807) is 11.8 Å². The molecular weight excluding hydrogens is 487 g/mol. The van der Waals surface area contributed by atoms with Crippen molar-refractivity contribution in [3.05, 3.63) is 59.2 Å². The summed E-state index contributed by atoms with van der Waals surface area (Å²) in [5.74, 6) is -0.239. The molecule has 0 heterocycles. The third-order valence-corrected chi connectivity index (χ3v) is 8.45. The van der Waals surface area contributed by atoms with Gasteiger partial charge < -0.3 is 20.1 Å². The largest absolute Gasteiger partial charge is 1.00 e. The molecule has 0 spiro atoms. The first-order valence-corrected chi connectivity index (χ1v) is 14.9. The van der Waals surface area contributed by atoms with E-state index < -0.39 is 12.0 Å². The van der Waals surface area contributed by atoms with E-state index in [0.29, 0.717) is 17.7 Å².